The van der Waals surface area contributed by atoms with Crippen molar-refractivity contribution in [2.45, 2.75) is 24.3 Å². The van der Waals surface area contributed by atoms with Crippen LogP contribution >= 0.6 is 11.8 Å². The number of carbonyl (C=O) groups excluding carboxylic acids is 1. The first-order chi connectivity index (χ1) is 10.3. The Kier molecular flexibility index (Phi) is 4.76. The van der Waals surface area contributed by atoms with E-state index in [4.69, 9.17) is 11.5 Å². The maximum absolute atomic E-state index is 13.5. The monoisotopic (exact) mass is 322 g/mol. The molecule has 9 heteroatoms. The zero-order valence-corrected chi connectivity index (χ0v) is 12.8. The maximum atomic E-state index is 13.5. The quantitative estimate of drug-likeness (QED) is 0.731. The summed E-state index contributed by atoms with van der Waals surface area (Å²) in [5, 5.41) is 2.36. The lowest BCUT2D eigenvalue weighted by atomic mass is 10.2. The van der Waals surface area contributed by atoms with Gasteiger partial charge < -0.3 is 16.8 Å². The van der Waals surface area contributed by atoms with E-state index in [9.17, 15) is 9.18 Å². The van der Waals surface area contributed by atoms with Crippen molar-refractivity contribution in [3.63, 3.8) is 0 Å². The Hall–Kier alpha value is -2.42. The molecule has 0 fully saturated rings. The molecule has 0 aliphatic rings. The first-order valence-corrected chi connectivity index (χ1v) is 7.24. The Morgan fingerprint density at radius 3 is 2.50 bits per heavy atom. The molecule has 5 N–H and O–H groups in total. The van der Waals surface area contributed by atoms with Crippen molar-refractivity contribution in [1.82, 2.24) is 15.0 Å². The highest BCUT2D eigenvalue weighted by molar-refractivity contribution is 8.00. The molecule has 1 atom stereocenters. The molecule has 2 aromatic rings. The van der Waals surface area contributed by atoms with Crippen molar-refractivity contribution in [2.75, 3.05) is 16.8 Å². The molecule has 0 saturated carbocycles. The molecular weight excluding hydrogens is 307 g/mol. The number of carbonyl (C=O) groups is 1. The minimum absolute atomic E-state index is 0.0109. The molecule has 0 unspecified atom stereocenters. The van der Waals surface area contributed by atoms with Crippen LogP contribution in [0.15, 0.2) is 23.4 Å². The first-order valence-electron chi connectivity index (χ1n) is 6.36. The van der Waals surface area contributed by atoms with Crippen molar-refractivity contribution < 1.29 is 9.18 Å². The summed E-state index contributed by atoms with van der Waals surface area (Å²) in [5.74, 6) is -0.714. The van der Waals surface area contributed by atoms with E-state index in [1.54, 1.807) is 26.0 Å². The maximum Gasteiger partial charge on any atom is 0.237 e. The molecule has 2 rings (SSSR count). The minimum atomic E-state index is -0.523. The Morgan fingerprint density at radius 2 is 1.91 bits per heavy atom. The number of rotatable bonds is 4. The number of benzene rings is 1. The lowest BCUT2D eigenvalue weighted by Crippen LogP contribution is -2.23. The lowest BCUT2D eigenvalue weighted by Gasteiger charge is -2.11. The van der Waals surface area contributed by atoms with E-state index >= 15 is 0 Å². The molecule has 1 aromatic carbocycles. The summed E-state index contributed by atoms with van der Waals surface area (Å²) < 4.78 is 13.5. The van der Waals surface area contributed by atoms with Crippen LogP contribution in [0.5, 0.6) is 0 Å². The van der Waals surface area contributed by atoms with Gasteiger partial charge >= 0.3 is 0 Å². The largest absolute Gasteiger partial charge is 0.368 e. The van der Waals surface area contributed by atoms with Crippen molar-refractivity contribution in [3.05, 3.63) is 29.6 Å². The average molecular weight is 322 g/mol. The van der Waals surface area contributed by atoms with Gasteiger partial charge in [-0.1, -0.05) is 17.8 Å². The van der Waals surface area contributed by atoms with Crippen LogP contribution in [0.25, 0.3) is 0 Å². The normalized spacial score (nSPS) is 12.0. The number of hydrogen-bond acceptors (Lipinski definition) is 7. The van der Waals surface area contributed by atoms with Crippen molar-refractivity contribution in [3.8, 4) is 0 Å². The van der Waals surface area contributed by atoms with Gasteiger partial charge in [0.15, 0.2) is 5.16 Å². The van der Waals surface area contributed by atoms with Crippen molar-refractivity contribution >= 4 is 35.3 Å². The van der Waals surface area contributed by atoms with E-state index in [-0.39, 0.29) is 28.8 Å². The van der Waals surface area contributed by atoms with Gasteiger partial charge in [-0.2, -0.15) is 15.0 Å². The number of thioether (sulfide) groups is 1. The van der Waals surface area contributed by atoms with E-state index in [1.807, 2.05) is 0 Å². The van der Waals surface area contributed by atoms with Gasteiger partial charge in [-0.25, -0.2) is 4.39 Å². The minimum Gasteiger partial charge on any atom is -0.368 e. The summed E-state index contributed by atoms with van der Waals surface area (Å²) in [6.45, 7) is 3.32. The number of amides is 1. The topological polar surface area (TPSA) is 120 Å². The number of aryl methyl sites for hydroxylation is 1. The van der Waals surface area contributed by atoms with Crippen LogP contribution in [0.2, 0.25) is 0 Å². The zero-order chi connectivity index (χ0) is 16.3. The Labute approximate surface area is 130 Å². The fraction of sp³-hybridized carbons (Fsp3) is 0.231. The van der Waals surface area contributed by atoms with E-state index in [0.29, 0.717) is 11.3 Å². The number of hydrogen-bond donors (Lipinski definition) is 3. The SMILES string of the molecule is Cc1ccc(NC(=O)[C@H](C)Sc2nc(N)nc(N)n2)cc1F. The van der Waals surface area contributed by atoms with Crippen LogP contribution in [0.3, 0.4) is 0 Å². The lowest BCUT2D eigenvalue weighted by molar-refractivity contribution is -0.115. The number of aromatic nitrogens is 3. The second-order valence-electron chi connectivity index (χ2n) is 4.55. The third kappa shape index (κ3) is 4.04. The summed E-state index contributed by atoms with van der Waals surface area (Å²) in [4.78, 5) is 23.5. The van der Waals surface area contributed by atoms with Gasteiger partial charge in [0.2, 0.25) is 17.8 Å². The van der Waals surface area contributed by atoms with Gasteiger partial charge in [-0.3, -0.25) is 4.79 Å². The third-order valence-corrected chi connectivity index (χ3v) is 3.70. The van der Waals surface area contributed by atoms with Crippen LogP contribution in [0, 0.1) is 12.7 Å². The second-order valence-corrected chi connectivity index (χ2v) is 5.86. The number of halogens is 1. The Balaban J connectivity index is 2.04. The molecular formula is C13H15FN6OS. The Bertz CT molecular complexity index is 691. The molecule has 116 valence electrons. The average Bonchev–Trinajstić information content (AvgIpc) is 2.41. The summed E-state index contributed by atoms with van der Waals surface area (Å²) in [5.41, 5.74) is 11.8. The summed E-state index contributed by atoms with van der Waals surface area (Å²) >= 11 is 1.08. The van der Waals surface area contributed by atoms with Crippen LogP contribution in [-0.2, 0) is 4.79 Å². The number of nitrogens with zero attached hydrogens (tertiary/aromatic N) is 3. The van der Waals surface area contributed by atoms with E-state index in [2.05, 4.69) is 20.3 Å². The molecule has 0 spiro atoms. The smallest absolute Gasteiger partial charge is 0.237 e. The van der Waals surface area contributed by atoms with Crippen LogP contribution in [0.1, 0.15) is 12.5 Å². The second kappa shape index (κ2) is 6.56. The highest BCUT2D eigenvalue weighted by Gasteiger charge is 2.17. The molecule has 0 saturated heterocycles. The van der Waals surface area contributed by atoms with Crippen molar-refractivity contribution in [1.29, 1.82) is 0 Å². The molecule has 0 radical (unpaired) electrons. The molecule has 7 nitrogen and oxygen atoms in total. The van der Waals surface area contributed by atoms with E-state index < -0.39 is 5.25 Å². The predicted octanol–water partition coefficient (Wildman–Crippen LogP) is 1.60. The molecule has 1 amide bonds. The fourth-order valence-electron chi connectivity index (χ4n) is 1.57. The first kappa shape index (κ1) is 16.0. The van der Waals surface area contributed by atoms with Gasteiger partial charge in [-0.05, 0) is 31.5 Å². The van der Waals surface area contributed by atoms with Crippen LogP contribution in [-0.4, -0.2) is 26.1 Å². The zero-order valence-electron chi connectivity index (χ0n) is 12.0. The number of nitrogen functional groups attached to an aromatic ring is 2. The summed E-state index contributed by atoms with van der Waals surface area (Å²) in [6, 6.07) is 4.49. The van der Waals surface area contributed by atoms with Crippen LogP contribution in [0.4, 0.5) is 22.0 Å². The molecule has 0 aliphatic carbocycles. The highest BCUT2D eigenvalue weighted by Crippen LogP contribution is 2.22. The molecule has 1 aromatic heterocycles. The molecule has 0 aliphatic heterocycles. The van der Waals surface area contributed by atoms with Gasteiger partial charge in [0.1, 0.15) is 5.82 Å². The van der Waals surface area contributed by atoms with Gasteiger partial charge in [-0.15, -0.1) is 0 Å². The highest BCUT2D eigenvalue weighted by atomic mass is 32.2. The summed E-state index contributed by atoms with van der Waals surface area (Å²) in [7, 11) is 0. The molecule has 0 bridgehead atoms. The number of nitrogens with two attached hydrogens (primary N) is 2. The number of anilines is 3. The van der Waals surface area contributed by atoms with Crippen LogP contribution < -0.4 is 16.8 Å². The molecule has 1 heterocycles. The van der Waals surface area contributed by atoms with Gasteiger partial charge in [0.25, 0.3) is 0 Å². The third-order valence-electron chi connectivity index (χ3n) is 2.74. The van der Waals surface area contributed by atoms with E-state index in [1.165, 1.54) is 6.07 Å². The fourth-order valence-corrected chi connectivity index (χ4v) is 2.34. The Morgan fingerprint density at radius 1 is 1.27 bits per heavy atom. The molecule has 22 heavy (non-hydrogen) atoms. The summed E-state index contributed by atoms with van der Waals surface area (Å²) in [6.07, 6.45) is 0. The van der Waals surface area contributed by atoms with E-state index in [0.717, 1.165) is 11.8 Å². The standard InChI is InChI=1S/C13H15FN6OS/c1-6-3-4-8(5-9(6)14)17-10(21)7(2)22-13-19-11(15)18-12(16)20-13/h3-5,7H,1-2H3,(H,17,21)(H4,15,16,18,19,20)/t7-/m0/s1. The predicted molar refractivity (Wildman–Crippen MR) is 83.7 cm³/mol. The number of nitrogens with one attached hydrogen (secondary N) is 1. The van der Waals surface area contributed by atoms with Crippen molar-refractivity contribution in [2.24, 2.45) is 0 Å². The van der Waals surface area contributed by atoms with Gasteiger partial charge in [0, 0.05) is 5.69 Å². The van der Waals surface area contributed by atoms with Gasteiger partial charge in [0.05, 0.1) is 5.25 Å².